The van der Waals surface area contributed by atoms with E-state index in [1.165, 1.54) is 60.2 Å². The minimum atomic E-state index is -0.863. The van der Waals surface area contributed by atoms with Gasteiger partial charge in [-0.25, -0.2) is 9.56 Å². The van der Waals surface area contributed by atoms with Crippen molar-refractivity contribution >= 4 is 46.0 Å². The zero-order valence-corrected chi connectivity index (χ0v) is 28.4. The Balaban J connectivity index is 1.51. The fourth-order valence-corrected chi connectivity index (χ4v) is 11.5. The molecule has 0 saturated heterocycles. The average Bonchev–Trinajstić information content (AvgIpc) is 3.68. The van der Waals surface area contributed by atoms with Crippen molar-refractivity contribution in [2.45, 2.75) is 40.0 Å². The highest BCUT2D eigenvalue weighted by atomic mass is 31.1. The summed E-state index contributed by atoms with van der Waals surface area (Å²) in [6, 6.07) is 37.7. The predicted octanol–water partition coefficient (Wildman–Crippen LogP) is 10.1. The SMILES string of the molecule is C/C=C\[N+](CC)=C(C)c1cccc2c1-p1c3c(ccc4c3c3c(ccc[n+]31)c1nc(-c3ccccc3)c(-c3ccccc3)n41)C2(C)C. The van der Waals surface area contributed by atoms with Gasteiger partial charge in [0.05, 0.1) is 43.7 Å². The number of nitrogens with zero attached hydrogens (tertiary/aromatic N) is 4. The predicted molar refractivity (Wildman–Crippen MR) is 197 cm³/mol. The van der Waals surface area contributed by atoms with Gasteiger partial charge in [0.15, 0.2) is 31.4 Å². The summed E-state index contributed by atoms with van der Waals surface area (Å²) in [4.78, 5) is 5.50. The molecule has 1 aliphatic rings. The van der Waals surface area contributed by atoms with Crippen LogP contribution in [0.1, 0.15) is 51.3 Å². The number of pyridine rings is 2. The summed E-state index contributed by atoms with van der Waals surface area (Å²) < 4.78 is 7.45. The molecule has 4 nitrogen and oxygen atoms in total. The molecule has 9 rings (SSSR count). The Bertz CT molecular complexity index is 2580. The number of fused-ring (bicyclic) bond motifs is 6. The van der Waals surface area contributed by atoms with Crippen LogP contribution in [-0.4, -0.2) is 26.2 Å². The second kappa shape index (κ2) is 10.2. The van der Waals surface area contributed by atoms with Crippen molar-refractivity contribution in [3.63, 3.8) is 0 Å². The average molecular weight is 629 g/mol. The highest BCUT2D eigenvalue weighted by Gasteiger charge is 2.43. The van der Waals surface area contributed by atoms with Crippen molar-refractivity contribution in [3.05, 3.63) is 138 Å². The molecule has 0 fully saturated rings. The summed E-state index contributed by atoms with van der Waals surface area (Å²) in [6.45, 7) is 12.4. The van der Waals surface area contributed by atoms with Crippen molar-refractivity contribution in [1.82, 2.24) is 9.38 Å². The van der Waals surface area contributed by atoms with E-state index in [1.54, 1.807) is 0 Å². The molecule has 4 aromatic carbocycles. The van der Waals surface area contributed by atoms with E-state index >= 15 is 0 Å². The zero-order chi connectivity index (χ0) is 32.0. The van der Waals surface area contributed by atoms with Crippen LogP contribution >= 0.6 is 7.69 Å². The highest BCUT2D eigenvalue weighted by Crippen LogP contribution is 2.60. The lowest BCUT2D eigenvalue weighted by atomic mass is 9.76. The molecule has 0 bridgehead atoms. The number of hydrogen-bond donors (Lipinski definition) is 0. The Labute approximate surface area is 276 Å². The molecule has 0 aliphatic carbocycles. The van der Waals surface area contributed by atoms with Gasteiger partial charge in [0.25, 0.3) is 0 Å². The van der Waals surface area contributed by atoms with Gasteiger partial charge in [-0.3, -0.25) is 4.40 Å². The maximum Gasteiger partial charge on any atom is 0.233 e. The van der Waals surface area contributed by atoms with E-state index in [2.05, 4.69) is 169 Å². The summed E-state index contributed by atoms with van der Waals surface area (Å²) in [6.07, 6.45) is 6.68. The highest BCUT2D eigenvalue weighted by molar-refractivity contribution is 7.57. The second-order valence-electron chi connectivity index (χ2n) is 13.2. The standard InChI is InChI=1S/C42H37N4P/c1-6-25-44(7-2)27(3)30-20-14-22-32-39(30)47-40-33(42(32,4)5)23-24-34-35(40)38-31(21-15-26-45(38)47)41-43-36(28-16-10-8-11-17-28)37(46(34)41)29-18-12-9-13-19-29/h6,8-26H,7H2,1-5H3/q+2/b25-6-,44-27?. The van der Waals surface area contributed by atoms with Crippen LogP contribution in [0.4, 0.5) is 0 Å². The summed E-state index contributed by atoms with van der Waals surface area (Å²) in [5.41, 5.74) is 13.4. The summed E-state index contributed by atoms with van der Waals surface area (Å²) in [5.74, 6) is 0. The normalized spacial score (nSPS) is 15.0. The Morgan fingerprint density at radius 3 is 2.34 bits per heavy atom. The summed E-state index contributed by atoms with van der Waals surface area (Å²) >= 11 is 0. The fraction of sp³-hybridized carbons (Fsp3) is 0.167. The number of allylic oxidation sites excluding steroid dienone is 1. The number of imidazole rings is 1. The lowest BCUT2D eigenvalue weighted by molar-refractivity contribution is -0.452. The number of rotatable bonds is 5. The molecule has 0 spiro atoms. The van der Waals surface area contributed by atoms with Crippen molar-refractivity contribution in [1.29, 1.82) is 0 Å². The molecular formula is C42H37N4P+2. The molecule has 5 heteroatoms. The zero-order valence-electron chi connectivity index (χ0n) is 27.5. The lowest BCUT2D eigenvalue weighted by Gasteiger charge is -2.32. The summed E-state index contributed by atoms with van der Waals surface area (Å²) in [5, 5.41) is 5.55. The first-order chi connectivity index (χ1) is 23.0. The van der Waals surface area contributed by atoms with Gasteiger partial charge in [0.1, 0.15) is 6.54 Å². The van der Waals surface area contributed by atoms with Crippen molar-refractivity contribution in [2.75, 3.05) is 6.54 Å². The van der Waals surface area contributed by atoms with Crippen LogP contribution in [0, 0.1) is 0 Å². The van der Waals surface area contributed by atoms with Crippen LogP contribution in [0.25, 0.3) is 60.4 Å². The van der Waals surface area contributed by atoms with Crippen molar-refractivity contribution in [3.8, 4) is 27.8 Å². The van der Waals surface area contributed by atoms with Gasteiger partial charge in [-0.1, -0.05) is 92.7 Å². The molecule has 228 valence electrons. The molecule has 1 unspecified atom stereocenters. The molecule has 1 atom stereocenters. The molecule has 0 radical (unpaired) electrons. The topological polar surface area (TPSA) is 24.4 Å². The van der Waals surface area contributed by atoms with Crippen LogP contribution in [0.3, 0.4) is 0 Å². The van der Waals surface area contributed by atoms with Gasteiger partial charge >= 0.3 is 0 Å². The molecule has 47 heavy (non-hydrogen) atoms. The van der Waals surface area contributed by atoms with Crippen LogP contribution < -0.4 is 4.16 Å². The van der Waals surface area contributed by atoms with Crippen molar-refractivity contribution < 1.29 is 8.74 Å². The number of aromatic nitrogens is 3. The minimum absolute atomic E-state index is 0.151. The van der Waals surface area contributed by atoms with E-state index in [0.29, 0.717) is 0 Å². The smallest absolute Gasteiger partial charge is 0.233 e. The molecule has 0 saturated carbocycles. The maximum absolute atomic E-state index is 5.50. The Morgan fingerprint density at radius 1 is 0.872 bits per heavy atom. The van der Waals surface area contributed by atoms with Gasteiger partial charge in [0, 0.05) is 29.5 Å². The fourth-order valence-electron chi connectivity index (χ4n) is 8.14. The Morgan fingerprint density at radius 2 is 1.62 bits per heavy atom. The first kappa shape index (κ1) is 28.2. The quantitative estimate of drug-likeness (QED) is 0.106. The van der Waals surface area contributed by atoms with E-state index < -0.39 is 7.69 Å². The molecule has 1 aliphatic heterocycles. The summed E-state index contributed by atoms with van der Waals surface area (Å²) in [7, 11) is -0.863. The van der Waals surface area contributed by atoms with Gasteiger partial charge < -0.3 is 0 Å². The first-order valence-electron chi connectivity index (χ1n) is 16.6. The third-order valence-electron chi connectivity index (χ3n) is 10.3. The van der Waals surface area contributed by atoms with Crippen LogP contribution in [0.15, 0.2) is 122 Å². The first-order valence-corrected chi connectivity index (χ1v) is 17.9. The van der Waals surface area contributed by atoms with Gasteiger partial charge in [0.2, 0.25) is 5.52 Å². The second-order valence-corrected chi connectivity index (χ2v) is 15.1. The third-order valence-corrected chi connectivity index (χ3v) is 12.9. The molecular weight excluding hydrogens is 591 g/mol. The maximum atomic E-state index is 5.50. The van der Waals surface area contributed by atoms with E-state index in [9.17, 15) is 0 Å². The van der Waals surface area contributed by atoms with E-state index in [-0.39, 0.29) is 5.41 Å². The molecule has 8 aromatic rings. The minimum Gasteiger partial charge on any atom is -0.291 e. The van der Waals surface area contributed by atoms with Crippen LogP contribution in [-0.2, 0) is 5.41 Å². The molecule has 4 aromatic heterocycles. The monoisotopic (exact) mass is 628 g/mol. The Hall–Kier alpha value is -5.05. The van der Waals surface area contributed by atoms with E-state index in [1.807, 2.05) is 0 Å². The number of benzene rings is 4. The van der Waals surface area contributed by atoms with Gasteiger partial charge in [-0.15, -0.1) is 0 Å². The third kappa shape index (κ3) is 3.74. The van der Waals surface area contributed by atoms with Gasteiger partial charge in [-0.2, -0.15) is 4.16 Å². The van der Waals surface area contributed by atoms with Crippen LogP contribution in [0.2, 0.25) is 0 Å². The number of hydrogen-bond acceptors (Lipinski definition) is 1. The van der Waals surface area contributed by atoms with Crippen molar-refractivity contribution in [2.24, 2.45) is 0 Å². The van der Waals surface area contributed by atoms with E-state index in [4.69, 9.17) is 4.98 Å². The van der Waals surface area contributed by atoms with Crippen LogP contribution in [0.5, 0.6) is 0 Å². The Kier molecular flexibility index (Phi) is 6.13. The largest absolute Gasteiger partial charge is 0.291 e. The molecule has 0 N–H and O–H groups in total. The molecule has 5 heterocycles. The molecule has 0 amide bonds. The van der Waals surface area contributed by atoms with E-state index in [0.717, 1.165) is 29.1 Å². The van der Waals surface area contributed by atoms with Gasteiger partial charge in [-0.05, 0) is 49.2 Å². The lowest BCUT2D eigenvalue weighted by Crippen LogP contribution is -2.26.